The number of benzene rings is 4. The van der Waals surface area contributed by atoms with E-state index < -0.39 is 9.84 Å². The van der Waals surface area contributed by atoms with Gasteiger partial charge in [0.1, 0.15) is 0 Å². The van der Waals surface area contributed by atoms with Crippen LogP contribution in [0.4, 0.5) is 0 Å². The van der Waals surface area contributed by atoms with Crippen LogP contribution in [0, 0.1) is 6.92 Å². The fourth-order valence-corrected chi connectivity index (χ4v) is 4.43. The second-order valence-electron chi connectivity index (χ2n) is 6.78. The van der Waals surface area contributed by atoms with Crippen LogP contribution in [0.15, 0.2) is 113 Å². The molecule has 138 valence electrons. The van der Waals surface area contributed by atoms with Crippen LogP contribution in [0.5, 0.6) is 0 Å². The number of hydrogen-bond donors (Lipinski definition) is 0. The molecule has 28 heavy (non-hydrogen) atoms. The second-order valence-corrected chi connectivity index (χ2v) is 8.73. The molecule has 0 aromatic heterocycles. The lowest BCUT2D eigenvalue weighted by atomic mass is 10.0. The Balaban J connectivity index is 1.62. The van der Waals surface area contributed by atoms with Gasteiger partial charge in [-0.3, -0.25) is 0 Å². The summed E-state index contributed by atoms with van der Waals surface area (Å²) < 4.78 is 25.9. The van der Waals surface area contributed by atoms with Gasteiger partial charge in [0.25, 0.3) is 0 Å². The predicted octanol–water partition coefficient (Wildman–Crippen LogP) is 6.16. The first-order valence-corrected chi connectivity index (χ1v) is 10.6. The molecule has 0 aliphatic heterocycles. The molecule has 0 saturated carbocycles. The third kappa shape index (κ3) is 3.62. The van der Waals surface area contributed by atoms with E-state index in [2.05, 4.69) is 0 Å². The molecule has 0 N–H and O–H groups in total. The van der Waals surface area contributed by atoms with Crippen molar-refractivity contribution in [2.75, 3.05) is 0 Å². The molecule has 0 heterocycles. The summed E-state index contributed by atoms with van der Waals surface area (Å²) >= 11 is 0. The minimum atomic E-state index is -3.54. The van der Waals surface area contributed by atoms with Crippen LogP contribution < -0.4 is 0 Å². The molecule has 0 bridgehead atoms. The topological polar surface area (TPSA) is 34.1 Å². The summed E-state index contributed by atoms with van der Waals surface area (Å²) in [6.45, 7) is 2.04. The molecule has 0 aliphatic rings. The van der Waals surface area contributed by atoms with Crippen LogP contribution in [0.1, 0.15) is 5.56 Å². The van der Waals surface area contributed by atoms with Gasteiger partial charge in [-0.15, -0.1) is 0 Å². The molecule has 4 aromatic carbocycles. The Labute approximate surface area is 166 Å². The van der Waals surface area contributed by atoms with Crippen LogP contribution in [0.2, 0.25) is 0 Å². The summed E-state index contributed by atoms with van der Waals surface area (Å²) in [5, 5.41) is 0. The molecule has 3 heteroatoms. The molecule has 0 saturated heterocycles. The van der Waals surface area contributed by atoms with Crippen molar-refractivity contribution in [1.29, 1.82) is 0 Å². The highest BCUT2D eigenvalue weighted by Gasteiger charge is 2.17. The van der Waals surface area contributed by atoms with Gasteiger partial charge in [-0.1, -0.05) is 84.4 Å². The third-order valence-corrected chi connectivity index (χ3v) is 6.61. The third-order valence-electron chi connectivity index (χ3n) is 4.82. The second kappa shape index (κ2) is 7.45. The minimum Gasteiger partial charge on any atom is -0.219 e. The fourth-order valence-electron chi connectivity index (χ4n) is 3.17. The van der Waals surface area contributed by atoms with Crippen LogP contribution in [0.3, 0.4) is 0 Å². The van der Waals surface area contributed by atoms with Gasteiger partial charge < -0.3 is 0 Å². The molecule has 0 unspecified atom stereocenters. The normalized spacial score (nSPS) is 11.3. The summed E-state index contributed by atoms with van der Waals surface area (Å²) in [4.78, 5) is 0.603. The maximum Gasteiger partial charge on any atom is 0.206 e. The van der Waals surface area contributed by atoms with E-state index in [4.69, 9.17) is 0 Å². The molecule has 4 rings (SSSR count). The van der Waals surface area contributed by atoms with Gasteiger partial charge in [-0.2, -0.15) is 0 Å². The number of hydrogen-bond acceptors (Lipinski definition) is 2. The highest BCUT2D eigenvalue weighted by molar-refractivity contribution is 7.91. The standard InChI is InChI=1S/C25H20O2S/c1-19-7-9-21(10-8-19)23-13-17-25(18-14-23)28(26,27)24-15-11-22(12-16-24)20-5-3-2-4-6-20/h2-18H,1H3. The number of aryl methyl sites for hydroxylation is 1. The molecule has 0 atom stereocenters. The van der Waals surface area contributed by atoms with E-state index in [0.29, 0.717) is 9.79 Å². The van der Waals surface area contributed by atoms with Crippen molar-refractivity contribution in [2.45, 2.75) is 16.7 Å². The van der Waals surface area contributed by atoms with Gasteiger partial charge in [0, 0.05) is 0 Å². The zero-order chi connectivity index (χ0) is 19.6. The average molecular weight is 384 g/mol. The monoisotopic (exact) mass is 384 g/mol. The van der Waals surface area contributed by atoms with Gasteiger partial charge in [-0.05, 0) is 53.4 Å². The predicted molar refractivity (Wildman–Crippen MR) is 114 cm³/mol. The molecule has 0 fully saturated rings. The first kappa shape index (κ1) is 18.2. The minimum absolute atomic E-state index is 0.301. The Bertz CT molecular complexity index is 1170. The molecule has 0 spiro atoms. The molecule has 2 nitrogen and oxygen atoms in total. The summed E-state index contributed by atoms with van der Waals surface area (Å²) in [5.74, 6) is 0. The zero-order valence-electron chi connectivity index (χ0n) is 15.5. The van der Waals surface area contributed by atoms with Crippen LogP contribution in [-0.4, -0.2) is 8.42 Å². The summed E-state index contributed by atoms with van der Waals surface area (Å²) in [6.07, 6.45) is 0. The van der Waals surface area contributed by atoms with E-state index in [-0.39, 0.29) is 0 Å². The quantitative estimate of drug-likeness (QED) is 0.422. The fraction of sp³-hybridized carbons (Fsp3) is 0.0400. The lowest BCUT2D eigenvalue weighted by Gasteiger charge is -2.08. The van der Waals surface area contributed by atoms with Gasteiger partial charge >= 0.3 is 0 Å². The van der Waals surface area contributed by atoms with Crippen molar-refractivity contribution in [3.8, 4) is 22.3 Å². The van der Waals surface area contributed by atoms with E-state index in [1.165, 1.54) is 5.56 Å². The van der Waals surface area contributed by atoms with Gasteiger partial charge in [0.2, 0.25) is 9.84 Å². The SMILES string of the molecule is Cc1ccc(-c2ccc(S(=O)(=O)c3ccc(-c4ccccc4)cc3)cc2)cc1. The maximum absolute atomic E-state index is 13.0. The van der Waals surface area contributed by atoms with E-state index in [0.717, 1.165) is 22.3 Å². The Morgan fingerprint density at radius 2 is 0.821 bits per heavy atom. The van der Waals surface area contributed by atoms with Gasteiger partial charge in [0.15, 0.2) is 0 Å². The summed E-state index contributed by atoms with van der Waals surface area (Å²) in [7, 11) is -3.54. The van der Waals surface area contributed by atoms with Crippen molar-refractivity contribution in [1.82, 2.24) is 0 Å². The van der Waals surface area contributed by atoms with E-state index in [1.807, 2.05) is 85.8 Å². The van der Waals surface area contributed by atoms with Crippen molar-refractivity contribution in [2.24, 2.45) is 0 Å². The molecular formula is C25H20O2S. The van der Waals surface area contributed by atoms with E-state index in [1.54, 1.807) is 24.3 Å². The van der Waals surface area contributed by atoms with Gasteiger partial charge in [-0.25, -0.2) is 8.42 Å². The van der Waals surface area contributed by atoms with Crippen molar-refractivity contribution in [3.05, 3.63) is 109 Å². The summed E-state index contributed by atoms with van der Waals surface area (Å²) in [5.41, 5.74) is 5.32. The number of sulfone groups is 1. The van der Waals surface area contributed by atoms with E-state index in [9.17, 15) is 8.42 Å². The molecule has 4 aromatic rings. The Morgan fingerprint density at radius 3 is 1.25 bits per heavy atom. The van der Waals surface area contributed by atoms with E-state index >= 15 is 0 Å². The molecule has 0 radical (unpaired) electrons. The first-order chi connectivity index (χ1) is 13.5. The average Bonchev–Trinajstić information content (AvgIpc) is 2.75. The van der Waals surface area contributed by atoms with Crippen molar-refractivity contribution >= 4 is 9.84 Å². The Morgan fingerprint density at radius 1 is 0.464 bits per heavy atom. The van der Waals surface area contributed by atoms with Crippen molar-refractivity contribution < 1.29 is 8.42 Å². The Hall–Kier alpha value is -3.17. The van der Waals surface area contributed by atoms with Crippen LogP contribution in [-0.2, 0) is 9.84 Å². The first-order valence-electron chi connectivity index (χ1n) is 9.12. The molecule has 0 amide bonds. The smallest absolute Gasteiger partial charge is 0.206 e. The van der Waals surface area contributed by atoms with Crippen molar-refractivity contribution in [3.63, 3.8) is 0 Å². The van der Waals surface area contributed by atoms with Crippen LogP contribution in [0.25, 0.3) is 22.3 Å². The van der Waals surface area contributed by atoms with Crippen LogP contribution >= 0.6 is 0 Å². The maximum atomic E-state index is 13.0. The molecule has 0 aliphatic carbocycles. The lowest BCUT2D eigenvalue weighted by molar-refractivity contribution is 0.596. The Kier molecular flexibility index (Phi) is 4.84. The highest BCUT2D eigenvalue weighted by Crippen LogP contribution is 2.27. The lowest BCUT2D eigenvalue weighted by Crippen LogP contribution is -2.01. The number of rotatable bonds is 4. The molecular weight excluding hydrogens is 364 g/mol. The highest BCUT2D eigenvalue weighted by atomic mass is 32.2. The van der Waals surface area contributed by atoms with Gasteiger partial charge in [0.05, 0.1) is 9.79 Å². The zero-order valence-corrected chi connectivity index (χ0v) is 16.4. The largest absolute Gasteiger partial charge is 0.219 e. The summed E-state index contributed by atoms with van der Waals surface area (Å²) in [6, 6.07) is 32.2.